The Morgan fingerprint density at radius 2 is 1.86 bits per heavy atom. The summed E-state index contributed by atoms with van der Waals surface area (Å²) in [7, 11) is 0. The van der Waals surface area contributed by atoms with Gasteiger partial charge in [0.25, 0.3) is 0 Å². The van der Waals surface area contributed by atoms with Gasteiger partial charge in [0, 0.05) is 22.7 Å². The van der Waals surface area contributed by atoms with Gasteiger partial charge in [-0.15, -0.1) is 0 Å². The van der Waals surface area contributed by atoms with Crippen LogP contribution in [0, 0.1) is 11.3 Å². The molecule has 1 fully saturated rings. The third kappa shape index (κ3) is 2.85. The second-order valence-corrected chi connectivity index (χ2v) is 9.87. The maximum absolute atomic E-state index is 9.26. The Morgan fingerprint density at radius 3 is 2.33 bits per heavy atom. The van der Waals surface area contributed by atoms with Gasteiger partial charge in [0.1, 0.15) is 11.8 Å². The van der Waals surface area contributed by atoms with Crippen molar-refractivity contribution in [3.05, 3.63) is 44.7 Å². The highest BCUT2D eigenvalue weighted by molar-refractivity contribution is 9.25. The highest BCUT2D eigenvalue weighted by atomic mass is 79.9. The molecule has 3 nitrogen and oxygen atoms in total. The smallest absolute Gasteiger partial charge is 0.166 e. The highest BCUT2D eigenvalue weighted by Crippen LogP contribution is 2.62. The summed E-state index contributed by atoms with van der Waals surface area (Å²) in [4.78, 5) is 0. The van der Waals surface area contributed by atoms with Crippen LogP contribution in [0.3, 0.4) is 0 Å². The standard InChI is InChI=1S/C13H6Br2Cl3N3/c14-13(15)3-8(13)7-5-21(20-11(7)4-19)12-9(17)1-6(16)2-10(12)18/h1-2,5,8H,3H2. The van der Waals surface area contributed by atoms with Gasteiger partial charge in [-0.2, -0.15) is 10.4 Å². The minimum absolute atomic E-state index is 0.160. The van der Waals surface area contributed by atoms with Crippen LogP contribution in [0.5, 0.6) is 0 Å². The van der Waals surface area contributed by atoms with E-state index in [1.54, 1.807) is 18.3 Å². The second-order valence-electron chi connectivity index (χ2n) is 4.73. The van der Waals surface area contributed by atoms with Crippen LogP contribution in [0.2, 0.25) is 15.1 Å². The summed E-state index contributed by atoms with van der Waals surface area (Å²) in [6.45, 7) is 0. The van der Waals surface area contributed by atoms with Crippen molar-refractivity contribution in [1.82, 2.24) is 9.78 Å². The zero-order valence-electron chi connectivity index (χ0n) is 10.2. The molecule has 21 heavy (non-hydrogen) atoms. The molecule has 0 spiro atoms. The summed E-state index contributed by atoms with van der Waals surface area (Å²) >= 11 is 25.4. The Kier molecular flexibility index (Phi) is 4.05. The van der Waals surface area contributed by atoms with E-state index in [0.29, 0.717) is 26.4 Å². The van der Waals surface area contributed by atoms with E-state index in [2.05, 4.69) is 43.0 Å². The Balaban J connectivity index is 2.12. The molecule has 108 valence electrons. The van der Waals surface area contributed by atoms with Crippen LogP contribution in [0.15, 0.2) is 18.3 Å². The van der Waals surface area contributed by atoms with Crippen molar-refractivity contribution in [2.24, 2.45) is 0 Å². The van der Waals surface area contributed by atoms with E-state index in [1.165, 1.54) is 4.68 Å². The molecular formula is C13H6Br2Cl3N3. The Hall–Kier alpha value is -0.250. The number of benzene rings is 1. The molecule has 2 aromatic rings. The van der Waals surface area contributed by atoms with E-state index in [1.807, 2.05) is 0 Å². The summed E-state index contributed by atoms with van der Waals surface area (Å²) in [6.07, 6.45) is 2.67. The topological polar surface area (TPSA) is 41.6 Å². The molecule has 8 heteroatoms. The number of rotatable bonds is 2. The first-order valence-electron chi connectivity index (χ1n) is 5.86. The molecular weight excluding hydrogens is 464 g/mol. The second kappa shape index (κ2) is 5.43. The molecule has 0 radical (unpaired) electrons. The van der Waals surface area contributed by atoms with Crippen LogP contribution in [0.4, 0.5) is 0 Å². The molecule has 0 amide bonds. The van der Waals surface area contributed by atoms with Crippen molar-refractivity contribution in [2.45, 2.75) is 15.6 Å². The third-order valence-electron chi connectivity index (χ3n) is 3.26. The number of hydrogen-bond donors (Lipinski definition) is 0. The molecule has 1 aromatic carbocycles. The molecule has 1 saturated carbocycles. The molecule has 3 rings (SSSR count). The van der Waals surface area contributed by atoms with Crippen LogP contribution in [-0.2, 0) is 0 Å². The number of aromatic nitrogens is 2. The summed E-state index contributed by atoms with van der Waals surface area (Å²) in [5, 5.41) is 14.8. The predicted octanol–water partition coefficient (Wildman–Crippen LogP) is 5.68. The Bertz CT molecular complexity index is 756. The lowest BCUT2D eigenvalue weighted by Gasteiger charge is -2.07. The van der Waals surface area contributed by atoms with Gasteiger partial charge in [-0.1, -0.05) is 66.7 Å². The van der Waals surface area contributed by atoms with Crippen molar-refractivity contribution >= 4 is 66.7 Å². The molecule has 1 aliphatic rings. The van der Waals surface area contributed by atoms with Crippen LogP contribution in [-0.4, -0.2) is 13.0 Å². The number of alkyl halides is 2. The third-order valence-corrected chi connectivity index (χ3v) is 5.81. The lowest BCUT2D eigenvalue weighted by atomic mass is 10.2. The van der Waals surface area contributed by atoms with Gasteiger partial charge in [-0.25, -0.2) is 4.68 Å². The minimum atomic E-state index is -0.160. The van der Waals surface area contributed by atoms with Gasteiger partial charge in [-0.05, 0) is 18.6 Å². The van der Waals surface area contributed by atoms with Crippen LogP contribution >= 0.6 is 66.7 Å². The summed E-state index contributed by atoms with van der Waals surface area (Å²) in [5.41, 5.74) is 1.73. The quantitative estimate of drug-likeness (QED) is 0.531. The van der Waals surface area contributed by atoms with Crippen LogP contribution in [0.1, 0.15) is 23.6 Å². The summed E-state index contributed by atoms with van der Waals surface area (Å²) < 4.78 is 1.37. The van der Waals surface area contributed by atoms with E-state index in [4.69, 9.17) is 34.8 Å². The summed E-state index contributed by atoms with van der Waals surface area (Å²) in [5.74, 6) is 0.186. The summed E-state index contributed by atoms with van der Waals surface area (Å²) in [6, 6.07) is 5.29. The number of hydrogen-bond acceptors (Lipinski definition) is 2. The van der Waals surface area contributed by atoms with Crippen molar-refractivity contribution in [3.8, 4) is 11.8 Å². The minimum Gasteiger partial charge on any atom is -0.236 e. The first-order chi connectivity index (χ1) is 9.83. The van der Waals surface area contributed by atoms with Gasteiger partial charge >= 0.3 is 0 Å². The van der Waals surface area contributed by atoms with Gasteiger partial charge in [-0.3, -0.25) is 0 Å². The molecule has 1 aliphatic carbocycles. The average Bonchev–Trinajstić information content (AvgIpc) is 2.82. The molecule has 0 N–H and O–H groups in total. The van der Waals surface area contributed by atoms with Crippen LogP contribution in [0.25, 0.3) is 5.69 Å². The van der Waals surface area contributed by atoms with Gasteiger partial charge in [0.05, 0.1) is 13.3 Å². The predicted molar refractivity (Wildman–Crippen MR) is 91.3 cm³/mol. The fourth-order valence-corrected chi connectivity index (χ4v) is 4.28. The number of nitrogens with zero attached hydrogens (tertiary/aromatic N) is 3. The first kappa shape index (κ1) is 15.6. The van der Waals surface area contributed by atoms with E-state index >= 15 is 0 Å². The molecule has 1 heterocycles. The molecule has 1 aromatic heterocycles. The van der Waals surface area contributed by atoms with Gasteiger partial charge in [0.15, 0.2) is 5.69 Å². The van der Waals surface area contributed by atoms with Gasteiger partial charge < -0.3 is 0 Å². The maximum atomic E-state index is 9.26. The largest absolute Gasteiger partial charge is 0.236 e. The van der Waals surface area contributed by atoms with Gasteiger partial charge in [0.2, 0.25) is 0 Å². The average molecular weight is 470 g/mol. The number of nitriles is 1. The molecule has 1 unspecified atom stereocenters. The van der Waals surface area contributed by atoms with Crippen molar-refractivity contribution in [1.29, 1.82) is 5.26 Å². The normalized spacial score (nSPS) is 19.3. The van der Waals surface area contributed by atoms with Crippen molar-refractivity contribution < 1.29 is 0 Å². The lowest BCUT2D eigenvalue weighted by Crippen LogP contribution is -1.97. The van der Waals surface area contributed by atoms with E-state index in [9.17, 15) is 5.26 Å². The SMILES string of the molecule is N#Cc1nn(-c2c(Cl)cc(Cl)cc2Cl)cc1C1CC1(Br)Br. The Morgan fingerprint density at radius 1 is 1.29 bits per heavy atom. The van der Waals surface area contributed by atoms with E-state index in [-0.39, 0.29) is 9.15 Å². The zero-order chi connectivity index (χ0) is 15.4. The number of halogens is 5. The highest BCUT2D eigenvalue weighted by Gasteiger charge is 2.52. The molecule has 0 aliphatic heterocycles. The molecule has 0 bridgehead atoms. The van der Waals surface area contributed by atoms with E-state index in [0.717, 1.165) is 12.0 Å². The fraction of sp³-hybridized carbons (Fsp3) is 0.231. The lowest BCUT2D eigenvalue weighted by molar-refractivity contribution is 0.873. The maximum Gasteiger partial charge on any atom is 0.166 e. The van der Waals surface area contributed by atoms with E-state index < -0.39 is 0 Å². The molecule has 1 atom stereocenters. The van der Waals surface area contributed by atoms with Crippen molar-refractivity contribution in [2.75, 3.05) is 0 Å². The van der Waals surface area contributed by atoms with Crippen LogP contribution < -0.4 is 0 Å². The Labute approximate surface area is 153 Å². The first-order valence-corrected chi connectivity index (χ1v) is 8.58. The fourth-order valence-electron chi connectivity index (χ4n) is 2.15. The van der Waals surface area contributed by atoms with Crippen molar-refractivity contribution in [3.63, 3.8) is 0 Å². The monoisotopic (exact) mass is 467 g/mol. The molecule has 0 saturated heterocycles. The zero-order valence-corrected chi connectivity index (χ0v) is 15.7.